The zero-order valence-electron chi connectivity index (χ0n) is 10.4. The van der Waals surface area contributed by atoms with Crippen LogP contribution in [0.3, 0.4) is 0 Å². The third-order valence-electron chi connectivity index (χ3n) is 2.64. The molecule has 0 fully saturated rings. The number of carbonyl (C=O) groups is 1. The molecule has 17 heavy (non-hydrogen) atoms. The van der Waals surface area contributed by atoms with E-state index >= 15 is 0 Å². The summed E-state index contributed by atoms with van der Waals surface area (Å²) in [5, 5.41) is 18.6. The third-order valence-corrected chi connectivity index (χ3v) is 2.64. The quantitative estimate of drug-likeness (QED) is 0.746. The van der Waals surface area contributed by atoms with Gasteiger partial charge in [0.1, 0.15) is 11.8 Å². The van der Waals surface area contributed by atoms with E-state index in [-0.39, 0.29) is 17.6 Å². The minimum Gasteiger partial charge on any atom is -0.508 e. The average Bonchev–Trinajstić information content (AvgIpc) is 2.15. The molecule has 0 aliphatic heterocycles. The number of hydrogen-bond donors (Lipinski definition) is 3. The minimum atomic E-state index is -1.04. The number of carboxylic acid groups (broad SMARTS) is 1. The van der Waals surface area contributed by atoms with Gasteiger partial charge in [-0.15, -0.1) is 0 Å². The second kappa shape index (κ2) is 4.75. The molecule has 0 saturated heterocycles. The van der Waals surface area contributed by atoms with Crippen LogP contribution < -0.4 is 5.73 Å². The van der Waals surface area contributed by atoms with Crippen molar-refractivity contribution in [2.45, 2.75) is 38.6 Å². The summed E-state index contributed by atoms with van der Waals surface area (Å²) < 4.78 is 0. The van der Waals surface area contributed by atoms with E-state index in [1.165, 1.54) is 0 Å². The molecule has 0 saturated carbocycles. The van der Waals surface area contributed by atoms with Crippen LogP contribution >= 0.6 is 0 Å². The lowest BCUT2D eigenvalue weighted by atomic mass is 9.85. The van der Waals surface area contributed by atoms with Crippen molar-refractivity contribution in [1.29, 1.82) is 0 Å². The molecular weight excluding hydrogens is 218 g/mol. The number of carboxylic acids is 1. The van der Waals surface area contributed by atoms with E-state index in [9.17, 15) is 9.90 Å². The Balaban J connectivity index is 2.94. The Hall–Kier alpha value is -1.55. The molecule has 0 amide bonds. The number of phenols is 1. The molecule has 1 aromatic rings. The summed E-state index contributed by atoms with van der Waals surface area (Å²) >= 11 is 0. The summed E-state index contributed by atoms with van der Waals surface area (Å²) in [6.45, 7) is 6.01. The first-order valence-electron chi connectivity index (χ1n) is 5.52. The summed E-state index contributed by atoms with van der Waals surface area (Å²) in [5.74, 6) is -0.850. The number of benzene rings is 1. The topological polar surface area (TPSA) is 83.6 Å². The van der Waals surface area contributed by atoms with E-state index in [0.29, 0.717) is 0 Å². The largest absolute Gasteiger partial charge is 0.508 e. The van der Waals surface area contributed by atoms with Crippen LogP contribution in [0.2, 0.25) is 0 Å². The van der Waals surface area contributed by atoms with E-state index in [0.717, 1.165) is 11.1 Å². The highest BCUT2D eigenvalue weighted by atomic mass is 16.4. The van der Waals surface area contributed by atoms with Crippen molar-refractivity contribution in [3.8, 4) is 5.75 Å². The highest BCUT2D eigenvalue weighted by molar-refractivity contribution is 5.73. The maximum absolute atomic E-state index is 10.6. The van der Waals surface area contributed by atoms with E-state index in [4.69, 9.17) is 10.8 Å². The summed E-state index contributed by atoms with van der Waals surface area (Å²) in [7, 11) is 0. The van der Waals surface area contributed by atoms with Gasteiger partial charge in [0.05, 0.1) is 0 Å². The van der Waals surface area contributed by atoms with Gasteiger partial charge >= 0.3 is 5.97 Å². The van der Waals surface area contributed by atoms with Crippen LogP contribution in [-0.2, 0) is 16.6 Å². The van der Waals surface area contributed by atoms with Gasteiger partial charge in [-0.05, 0) is 29.0 Å². The van der Waals surface area contributed by atoms with Gasteiger partial charge in [-0.2, -0.15) is 0 Å². The van der Waals surface area contributed by atoms with Crippen molar-refractivity contribution in [1.82, 2.24) is 0 Å². The lowest BCUT2D eigenvalue weighted by Crippen LogP contribution is -2.32. The third kappa shape index (κ3) is 3.46. The van der Waals surface area contributed by atoms with Crippen LogP contribution in [0.15, 0.2) is 18.2 Å². The van der Waals surface area contributed by atoms with Crippen LogP contribution in [0.4, 0.5) is 0 Å². The predicted octanol–water partition coefficient (Wildman–Crippen LogP) is 1.64. The van der Waals surface area contributed by atoms with Gasteiger partial charge in [0.15, 0.2) is 0 Å². The number of aliphatic carboxylic acids is 1. The molecule has 4 N–H and O–H groups in total. The van der Waals surface area contributed by atoms with E-state index in [2.05, 4.69) is 0 Å². The van der Waals surface area contributed by atoms with Gasteiger partial charge in [-0.25, -0.2) is 0 Å². The Labute approximate surface area is 101 Å². The first-order valence-corrected chi connectivity index (χ1v) is 5.52. The molecule has 0 radical (unpaired) electrons. The van der Waals surface area contributed by atoms with Crippen LogP contribution in [0, 0.1) is 0 Å². The monoisotopic (exact) mass is 237 g/mol. The van der Waals surface area contributed by atoms with E-state index < -0.39 is 12.0 Å². The average molecular weight is 237 g/mol. The normalized spacial score (nSPS) is 13.4. The molecule has 1 aromatic carbocycles. The first kappa shape index (κ1) is 13.5. The summed E-state index contributed by atoms with van der Waals surface area (Å²) in [6.07, 6.45) is 0.216. The Bertz CT molecular complexity index is 421. The molecule has 4 heteroatoms. The number of nitrogens with two attached hydrogens (primary N) is 1. The second-order valence-corrected chi connectivity index (χ2v) is 5.25. The number of phenolic OH excluding ortho intramolecular Hbond substituents is 1. The van der Waals surface area contributed by atoms with Gasteiger partial charge in [0.2, 0.25) is 0 Å². The second-order valence-electron chi connectivity index (χ2n) is 5.25. The molecule has 94 valence electrons. The lowest BCUT2D eigenvalue weighted by molar-refractivity contribution is -0.138. The number of aromatic hydroxyl groups is 1. The summed E-state index contributed by atoms with van der Waals surface area (Å²) in [6, 6.07) is 4.28. The Morgan fingerprint density at radius 2 is 2.00 bits per heavy atom. The first-order chi connectivity index (χ1) is 7.71. The minimum absolute atomic E-state index is 0.141. The van der Waals surface area contributed by atoms with Crippen molar-refractivity contribution in [3.63, 3.8) is 0 Å². The van der Waals surface area contributed by atoms with E-state index in [1.807, 2.05) is 32.9 Å². The highest BCUT2D eigenvalue weighted by Gasteiger charge is 2.19. The molecule has 1 atom stereocenters. The fourth-order valence-corrected chi connectivity index (χ4v) is 1.68. The fraction of sp³-hybridized carbons (Fsp3) is 0.462. The molecule has 0 unspecified atom stereocenters. The Kier molecular flexibility index (Phi) is 3.78. The molecule has 1 rings (SSSR count). The molecule has 0 aromatic heterocycles. The van der Waals surface area contributed by atoms with Crippen LogP contribution in [0.1, 0.15) is 31.9 Å². The molecule has 0 heterocycles. The van der Waals surface area contributed by atoms with Gasteiger partial charge in [0.25, 0.3) is 0 Å². The standard InChI is InChI=1S/C13H19NO3/c1-13(2,3)9-5-4-8(7-11(9)15)6-10(14)12(16)17/h4-5,7,10,15H,6,14H2,1-3H3,(H,16,17)/t10-/m0/s1. The van der Waals surface area contributed by atoms with Gasteiger partial charge < -0.3 is 15.9 Å². The van der Waals surface area contributed by atoms with Crippen molar-refractivity contribution < 1.29 is 15.0 Å². The van der Waals surface area contributed by atoms with Crippen molar-refractivity contribution in [3.05, 3.63) is 29.3 Å². The van der Waals surface area contributed by atoms with Crippen molar-refractivity contribution >= 4 is 5.97 Å². The fourth-order valence-electron chi connectivity index (χ4n) is 1.68. The van der Waals surface area contributed by atoms with Gasteiger partial charge in [-0.1, -0.05) is 32.9 Å². The molecule has 4 nitrogen and oxygen atoms in total. The summed E-state index contributed by atoms with van der Waals surface area (Å²) in [5.41, 5.74) is 6.87. The van der Waals surface area contributed by atoms with Gasteiger partial charge in [-0.3, -0.25) is 4.79 Å². The van der Waals surface area contributed by atoms with E-state index in [1.54, 1.807) is 6.07 Å². The molecule has 0 bridgehead atoms. The number of rotatable bonds is 3. The predicted molar refractivity (Wildman–Crippen MR) is 66.1 cm³/mol. The van der Waals surface area contributed by atoms with Crippen LogP contribution in [-0.4, -0.2) is 22.2 Å². The zero-order valence-corrected chi connectivity index (χ0v) is 10.4. The maximum atomic E-state index is 10.6. The van der Waals surface area contributed by atoms with Crippen molar-refractivity contribution in [2.75, 3.05) is 0 Å². The Morgan fingerprint density at radius 1 is 1.41 bits per heavy atom. The number of hydrogen-bond acceptors (Lipinski definition) is 3. The van der Waals surface area contributed by atoms with Crippen LogP contribution in [0.25, 0.3) is 0 Å². The Morgan fingerprint density at radius 3 is 2.41 bits per heavy atom. The van der Waals surface area contributed by atoms with Gasteiger partial charge in [0, 0.05) is 0 Å². The zero-order chi connectivity index (χ0) is 13.2. The molecule has 0 aliphatic carbocycles. The smallest absolute Gasteiger partial charge is 0.320 e. The molecular formula is C13H19NO3. The molecule has 0 spiro atoms. The SMILES string of the molecule is CC(C)(C)c1ccc(C[C@H](N)C(=O)O)cc1O. The van der Waals surface area contributed by atoms with Crippen molar-refractivity contribution in [2.24, 2.45) is 5.73 Å². The molecule has 0 aliphatic rings. The lowest BCUT2D eigenvalue weighted by Gasteiger charge is -2.21. The highest BCUT2D eigenvalue weighted by Crippen LogP contribution is 2.31. The summed E-state index contributed by atoms with van der Waals surface area (Å²) in [4.78, 5) is 10.6. The van der Waals surface area contributed by atoms with Crippen LogP contribution in [0.5, 0.6) is 5.75 Å². The maximum Gasteiger partial charge on any atom is 0.320 e.